The summed E-state index contributed by atoms with van der Waals surface area (Å²) in [6, 6.07) is 17.5. The molecule has 1 aromatic heterocycles. The number of carbonyl (C=O) groups excluding carboxylic acids is 1. The maximum absolute atomic E-state index is 12.1. The molecular formula is C20H20N2O2S. The molecule has 0 atom stereocenters. The standard InChI is InChI=1S/C20H20N2O2S/c1-2-24-18-11-8-16(9-12-18)21-19(23)13-10-17-14-25-20(22-17)15-6-4-3-5-7-15/h3-9,11-12,14H,2,10,13H2,1H3,(H,21,23). The van der Waals surface area contributed by atoms with Crippen LogP contribution >= 0.6 is 11.3 Å². The minimum Gasteiger partial charge on any atom is -0.494 e. The van der Waals surface area contributed by atoms with E-state index in [9.17, 15) is 4.79 Å². The molecule has 4 nitrogen and oxygen atoms in total. The Bertz CT molecular complexity index is 813. The number of rotatable bonds is 7. The van der Waals surface area contributed by atoms with Crippen molar-refractivity contribution in [3.8, 4) is 16.3 Å². The second-order valence-electron chi connectivity index (χ2n) is 5.52. The number of hydrogen-bond donors (Lipinski definition) is 1. The molecule has 0 bridgehead atoms. The molecule has 128 valence electrons. The highest BCUT2D eigenvalue weighted by atomic mass is 32.1. The van der Waals surface area contributed by atoms with Crippen LogP contribution in [0.15, 0.2) is 60.0 Å². The van der Waals surface area contributed by atoms with E-state index in [-0.39, 0.29) is 5.91 Å². The van der Waals surface area contributed by atoms with Gasteiger partial charge in [0.1, 0.15) is 10.8 Å². The van der Waals surface area contributed by atoms with E-state index in [1.807, 2.05) is 66.9 Å². The molecule has 0 aliphatic rings. The van der Waals surface area contributed by atoms with Crippen molar-refractivity contribution in [3.05, 3.63) is 65.7 Å². The van der Waals surface area contributed by atoms with Gasteiger partial charge in [-0.2, -0.15) is 0 Å². The fourth-order valence-electron chi connectivity index (χ4n) is 2.40. The number of thiazole rings is 1. The SMILES string of the molecule is CCOc1ccc(NC(=O)CCc2csc(-c3ccccc3)n2)cc1. The van der Waals surface area contributed by atoms with Crippen molar-refractivity contribution in [2.24, 2.45) is 0 Å². The van der Waals surface area contributed by atoms with Crippen molar-refractivity contribution in [2.45, 2.75) is 19.8 Å². The minimum absolute atomic E-state index is 0.0154. The number of aromatic nitrogens is 1. The first-order valence-electron chi connectivity index (χ1n) is 8.27. The van der Waals surface area contributed by atoms with E-state index in [0.29, 0.717) is 19.4 Å². The van der Waals surface area contributed by atoms with Crippen LogP contribution in [0.1, 0.15) is 19.0 Å². The van der Waals surface area contributed by atoms with Crippen LogP contribution in [0.2, 0.25) is 0 Å². The predicted octanol–water partition coefficient (Wildman–Crippen LogP) is 4.78. The fraction of sp³-hybridized carbons (Fsp3) is 0.200. The van der Waals surface area contributed by atoms with Crippen molar-refractivity contribution in [1.29, 1.82) is 0 Å². The Morgan fingerprint density at radius 2 is 1.88 bits per heavy atom. The zero-order chi connectivity index (χ0) is 17.5. The molecular weight excluding hydrogens is 332 g/mol. The quantitative estimate of drug-likeness (QED) is 0.666. The highest BCUT2D eigenvalue weighted by molar-refractivity contribution is 7.13. The number of nitrogens with one attached hydrogen (secondary N) is 1. The smallest absolute Gasteiger partial charge is 0.224 e. The summed E-state index contributed by atoms with van der Waals surface area (Å²) in [5.74, 6) is 0.787. The Balaban J connectivity index is 1.51. The molecule has 0 unspecified atom stereocenters. The van der Waals surface area contributed by atoms with Crippen molar-refractivity contribution in [1.82, 2.24) is 4.98 Å². The van der Waals surface area contributed by atoms with Crippen LogP contribution in [-0.4, -0.2) is 17.5 Å². The maximum Gasteiger partial charge on any atom is 0.224 e. The van der Waals surface area contributed by atoms with Crippen molar-refractivity contribution < 1.29 is 9.53 Å². The van der Waals surface area contributed by atoms with E-state index in [2.05, 4.69) is 10.3 Å². The van der Waals surface area contributed by atoms with Crippen molar-refractivity contribution >= 4 is 22.9 Å². The molecule has 1 heterocycles. The van der Waals surface area contributed by atoms with Gasteiger partial charge in [0.25, 0.3) is 0 Å². The number of benzene rings is 2. The van der Waals surface area contributed by atoms with E-state index in [4.69, 9.17) is 4.74 Å². The summed E-state index contributed by atoms with van der Waals surface area (Å²) in [6.45, 7) is 2.57. The molecule has 0 fully saturated rings. The molecule has 0 spiro atoms. The predicted molar refractivity (Wildman–Crippen MR) is 102 cm³/mol. The molecule has 25 heavy (non-hydrogen) atoms. The maximum atomic E-state index is 12.1. The summed E-state index contributed by atoms with van der Waals surface area (Å²) in [5.41, 5.74) is 2.83. The van der Waals surface area contributed by atoms with Gasteiger partial charge in [0.2, 0.25) is 5.91 Å². The highest BCUT2D eigenvalue weighted by Crippen LogP contribution is 2.24. The van der Waals surface area contributed by atoms with Gasteiger partial charge in [-0.1, -0.05) is 30.3 Å². The van der Waals surface area contributed by atoms with E-state index in [0.717, 1.165) is 27.7 Å². The molecule has 0 saturated heterocycles. The van der Waals surface area contributed by atoms with Crippen molar-refractivity contribution in [3.63, 3.8) is 0 Å². The van der Waals surface area contributed by atoms with E-state index < -0.39 is 0 Å². The second kappa shape index (κ2) is 8.44. The lowest BCUT2D eigenvalue weighted by molar-refractivity contribution is -0.116. The van der Waals surface area contributed by atoms with Crippen LogP contribution in [0.5, 0.6) is 5.75 Å². The Morgan fingerprint density at radius 3 is 2.60 bits per heavy atom. The number of hydrogen-bond acceptors (Lipinski definition) is 4. The number of nitrogens with zero attached hydrogens (tertiary/aromatic N) is 1. The molecule has 1 N–H and O–H groups in total. The number of ether oxygens (including phenoxy) is 1. The van der Waals surface area contributed by atoms with Crippen LogP contribution in [0.3, 0.4) is 0 Å². The number of carbonyl (C=O) groups is 1. The second-order valence-corrected chi connectivity index (χ2v) is 6.37. The van der Waals surface area contributed by atoms with Gasteiger partial charge in [0, 0.05) is 23.1 Å². The lowest BCUT2D eigenvalue weighted by atomic mass is 10.2. The lowest BCUT2D eigenvalue weighted by Crippen LogP contribution is -2.12. The van der Waals surface area contributed by atoms with Crippen LogP contribution in [0.4, 0.5) is 5.69 Å². The topological polar surface area (TPSA) is 51.2 Å². The number of amides is 1. The fourth-order valence-corrected chi connectivity index (χ4v) is 3.26. The molecule has 2 aromatic carbocycles. The molecule has 0 saturated carbocycles. The third kappa shape index (κ3) is 4.90. The summed E-state index contributed by atoms with van der Waals surface area (Å²) in [4.78, 5) is 16.7. The summed E-state index contributed by atoms with van der Waals surface area (Å²) in [6.07, 6.45) is 1.04. The first kappa shape index (κ1) is 17.2. The third-order valence-electron chi connectivity index (χ3n) is 3.63. The van der Waals surface area contributed by atoms with Gasteiger partial charge in [0.05, 0.1) is 12.3 Å². The van der Waals surface area contributed by atoms with E-state index in [1.54, 1.807) is 11.3 Å². The van der Waals surface area contributed by atoms with Crippen LogP contribution in [0.25, 0.3) is 10.6 Å². The molecule has 3 rings (SSSR count). The van der Waals surface area contributed by atoms with E-state index >= 15 is 0 Å². The van der Waals surface area contributed by atoms with Gasteiger partial charge in [0.15, 0.2) is 0 Å². The lowest BCUT2D eigenvalue weighted by Gasteiger charge is -2.06. The first-order valence-corrected chi connectivity index (χ1v) is 9.15. The Morgan fingerprint density at radius 1 is 1.12 bits per heavy atom. The molecule has 3 aromatic rings. The number of aryl methyl sites for hydroxylation is 1. The van der Waals surface area contributed by atoms with Gasteiger partial charge < -0.3 is 10.1 Å². The van der Waals surface area contributed by atoms with Crippen LogP contribution in [0, 0.1) is 0 Å². The zero-order valence-electron chi connectivity index (χ0n) is 14.1. The van der Waals surface area contributed by atoms with Crippen LogP contribution < -0.4 is 10.1 Å². The van der Waals surface area contributed by atoms with Crippen molar-refractivity contribution in [2.75, 3.05) is 11.9 Å². The normalized spacial score (nSPS) is 10.4. The average molecular weight is 352 g/mol. The highest BCUT2D eigenvalue weighted by Gasteiger charge is 2.08. The van der Waals surface area contributed by atoms with Crippen LogP contribution in [-0.2, 0) is 11.2 Å². The monoisotopic (exact) mass is 352 g/mol. The van der Waals surface area contributed by atoms with Gasteiger partial charge in [-0.3, -0.25) is 4.79 Å². The Hall–Kier alpha value is -2.66. The third-order valence-corrected chi connectivity index (χ3v) is 4.57. The van der Waals surface area contributed by atoms with Gasteiger partial charge in [-0.05, 0) is 37.6 Å². The van der Waals surface area contributed by atoms with Gasteiger partial charge >= 0.3 is 0 Å². The summed E-state index contributed by atoms with van der Waals surface area (Å²) in [5, 5.41) is 5.91. The zero-order valence-corrected chi connectivity index (χ0v) is 14.9. The average Bonchev–Trinajstić information content (AvgIpc) is 3.12. The van der Waals surface area contributed by atoms with Gasteiger partial charge in [-0.15, -0.1) is 11.3 Å². The molecule has 0 radical (unpaired) electrons. The summed E-state index contributed by atoms with van der Waals surface area (Å²) < 4.78 is 5.39. The number of anilines is 1. The minimum atomic E-state index is -0.0154. The Labute approximate surface area is 151 Å². The molecule has 0 aliphatic carbocycles. The summed E-state index contributed by atoms with van der Waals surface area (Å²) >= 11 is 1.61. The molecule has 0 aliphatic heterocycles. The largest absolute Gasteiger partial charge is 0.494 e. The van der Waals surface area contributed by atoms with Gasteiger partial charge in [-0.25, -0.2) is 4.98 Å². The molecule has 1 amide bonds. The Kier molecular flexibility index (Phi) is 5.80. The summed E-state index contributed by atoms with van der Waals surface area (Å²) in [7, 11) is 0. The first-order chi connectivity index (χ1) is 12.2. The molecule has 5 heteroatoms. The van der Waals surface area contributed by atoms with E-state index in [1.165, 1.54) is 0 Å².